The van der Waals surface area contributed by atoms with Crippen LogP contribution in [0.2, 0.25) is 0 Å². The van der Waals surface area contributed by atoms with Crippen LogP contribution in [-0.4, -0.2) is 25.0 Å². The molecule has 0 spiro atoms. The van der Waals surface area contributed by atoms with Gasteiger partial charge in [-0.3, -0.25) is 4.90 Å². The lowest BCUT2D eigenvalue weighted by Crippen LogP contribution is -2.36. The van der Waals surface area contributed by atoms with E-state index < -0.39 is 0 Å². The first-order valence-electron chi connectivity index (χ1n) is 6.36. The van der Waals surface area contributed by atoms with Crippen molar-refractivity contribution in [3.63, 3.8) is 0 Å². The first-order valence-corrected chi connectivity index (χ1v) is 6.36. The Bertz CT molecular complexity index is 346. The van der Waals surface area contributed by atoms with Crippen molar-refractivity contribution in [2.75, 3.05) is 20.1 Å². The van der Waals surface area contributed by atoms with Gasteiger partial charge in [0.05, 0.1) is 0 Å². The second kappa shape index (κ2) is 5.61. The van der Waals surface area contributed by atoms with Gasteiger partial charge in [0, 0.05) is 19.1 Å². The fourth-order valence-electron chi connectivity index (χ4n) is 2.47. The summed E-state index contributed by atoms with van der Waals surface area (Å²) in [7, 11) is 2.11. The molecule has 17 heavy (non-hydrogen) atoms. The number of halogens is 1. The summed E-state index contributed by atoms with van der Waals surface area (Å²) in [5, 5.41) is 0. The summed E-state index contributed by atoms with van der Waals surface area (Å²) in [5.74, 6) is 0.640. The standard InChI is InChI=1S/C14H21FN2/c1-17(10-11-3-2-4-11)14(9-16)12-5-7-13(15)8-6-12/h5-8,11,14H,2-4,9-10,16H2,1H3. The minimum Gasteiger partial charge on any atom is -0.329 e. The van der Waals surface area contributed by atoms with E-state index in [0.717, 1.165) is 18.0 Å². The van der Waals surface area contributed by atoms with Gasteiger partial charge in [0.1, 0.15) is 5.82 Å². The predicted molar refractivity (Wildman–Crippen MR) is 68.2 cm³/mol. The Labute approximate surface area is 103 Å². The summed E-state index contributed by atoms with van der Waals surface area (Å²) in [5.41, 5.74) is 6.95. The SMILES string of the molecule is CN(CC1CCC1)C(CN)c1ccc(F)cc1. The molecule has 1 aromatic carbocycles. The van der Waals surface area contributed by atoms with Crippen LogP contribution in [0.1, 0.15) is 30.9 Å². The topological polar surface area (TPSA) is 29.3 Å². The molecule has 0 bridgehead atoms. The third-order valence-corrected chi connectivity index (χ3v) is 3.78. The predicted octanol–water partition coefficient (Wildman–Crippen LogP) is 2.56. The van der Waals surface area contributed by atoms with E-state index in [1.807, 2.05) is 12.1 Å². The van der Waals surface area contributed by atoms with E-state index in [0.29, 0.717) is 6.54 Å². The lowest BCUT2D eigenvalue weighted by atomic mass is 9.85. The van der Waals surface area contributed by atoms with Crippen LogP contribution in [0, 0.1) is 11.7 Å². The van der Waals surface area contributed by atoms with Crippen molar-refractivity contribution in [2.24, 2.45) is 11.7 Å². The molecule has 1 atom stereocenters. The van der Waals surface area contributed by atoms with Crippen LogP contribution < -0.4 is 5.73 Å². The van der Waals surface area contributed by atoms with Crippen LogP contribution in [0.15, 0.2) is 24.3 Å². The third kappa shape index (κ3) is 3.05. The van der Waals surface area contributed by atoms with Crippen molar-refractivity contribution in [1.29, 1.82) is 0 Å². The van der Waals surface area contributed by atoms with Crippen molar-refractivity contribution in [2.45, 2.75) is 25.3 Å². The molecule has 1 aromatic rings. The van der Waals surface area contributed by atoms with E-state index in [1.54, 1.807) is 0 Å². The van der Waals surface area contributed by atoms with Gasteiger partial charge in [-0.05, 0) is 43.5 Å². The van der Waals surface area contributed by atoms with Gasteiger partial charge < -0.3 is 5.73 Å². The Kier molecular flexibility index (Phi) is 4.13. The van der Waals surface area contributed by atoms with Crippen LogP contribution in [-0.2, 0) is 0 Å². The Morgan fingerprint density at radius 1 is 1.35 bits per heavy atom. The van der Waals surface area contributed by atoms with Gasteiger partial charge in [-0.15, -0.1) is 0 Å². The zero-order valence-corrected chi connectivity index (χ0v) is 10.4. The maximum atomic E-state index is 12.9. The number of likely N-dealkylation sites (N-methyl/N-ethyl adjacent to an activating group) is 1. The molecule has 0 aromatic heterocycles. The van der Waals surface area contributed by atoms with Crippen LogP contribution in [0.25, 0.3) is 0 Å². The lowest BCUT2D eigenvalue weighted by Gasteiger charge is -2.34. The Morgan fingerprint density at radius 3 is 2.47 bits per heavy atom. The molecule has 94 valence electrons. The summed E-state index contributed by atoms with van der Waals surface area (Å²) < 4.78 is 12.9. The quantitative estimate of drug-likeness (QED) is 0.851. The third-order valence-electron chi connectivity index (χ3n) is 3.78. The van der Waals surface area contributed by atoms with Gasteiger partial charge in [0.2, 0.25) is 0 Å². The highest BCUT2D eigenvalue weighted by Gasteiger charge is 2.23. The second-order valence-corrected chi connectivity index (χ2v) is 5.04. The summed E-state index contributed by atoms with van der Waals surface area (Å²) in [6, 6.07) is 6.90. The first kappa shape index (κ1) is 12.5. The Balaban J connectivity index is 2.00. The highest BCUT2D eigenvalue weighted by molar-refractivity contribution is 5.20. The van der Waals surface area contributed by atoms with Crippen molar-refractivity contribution >= 4 is 0 Å². The largest absolute Gasteiger partial charge is 0.329 e. The second-order valence-electron chi connectivity index (χ2n) is 5.04. The molecule has 0 radical (unpaired) electrons. The number of nitrogens with zero attached hydrogens (tertiary/aromatic N) is 1. The summed E-state index contributed by atoms with van der Waals surface area (Å²) in [4.78, 5) is 2.30. The van der Waals surface area contributed by atoms with E-state index in [2.05, 4.69) is 11.9 Å². The van der Waals surface area contributed by atoms with E-state index in [1.165, 1.54) is 31.4 Å². The molecule has 1 saturated carbocycles. The van der Waals surface area contributed by atoms with E-state index in [4.69, 9.17) is 5.73 Å². The van der Waals surface area contributed by atoms with E-state index in [9.17, 15) is 4.39 Å². The van der Waals surface area contributed by atoms with Gasteiger partial charge in [-0.2, -0.15) is 0 Å². The summed E-state index contributed by atoms with van der Waals surface area (Å²) in [6.45, 7) is 1.67. The molecule has 1 fully saturated rings. The first-order chi connectivity index (χ1) is 8.20. The number of hydrogen-bond donors (Lipinski definition) is 1. The van der Waals surface area contributed by atoms with Gasteiger partial charge in [-0.25, -0.2) is 4.39 Å². The highest BCUT2D eigenvalue weighted by atomic mass is 19.1. The summed E-state index contributed by atoms with van der Waals surface area (Å²) in [6.07, 6.45) is 4.04. The molecule has 2 nitrogen and oxygen atoms in total. The zero-order valence-electron chi connectivity index (χ0n) is 10.4. The monoisotopic (exact) mass is 236 g/mol. The molecule has 0 aliphatic heterocycles. The average Bonchev–Trinajstić information content (AvgIpc) is 2.27. The Hall–Kier alpha value is -0.930. The molecule has 1 aliphatic rings. The lowest BCUT2D eigenvalue weighted by molar-refractivity contribution is 0.165. The zero-order chi connectivity index (χ0) is 12.3. The fraction of sp³-hybridized carbons (Fsp3) is 0.571. The van der Waals surface area contributed by atoms with Crippen LogP contribution in [0.3, 0.4) is 0 Å². The molecule has 1 unspecified atom stereocenters. The molecular weight excluding hydrogens is 215 g/mol. The number of nitrogens with two attached hydrogens (primary N) is 1. The fourth-order valence-corrected chi connectivity index (χ4v) is 2.47. The number of hydrogen-bond acceptors (Lipinski definition) is 2. The Morgan fingerprint density at radius 2 is 2.00 bits per heavy atom. The van der Waals surface area contributed by atoms with Crippen LogP contribution >= 0.6 is 0 Å². The van der Waals surface area contributed by atoms with Crippen molar-refractivity contribution in [1.82, 2.24) is 4.90 Å². The van der Waals surface area contributed by atoms with Gasteiger partial charge in [0.25, 0.3) is 0 Å². The van der Waals surface area contributed by atoms with Crippen molar-refractivity contribution in [3.05, 3.63) is 35.6 Å². The molecule has 2 rings (SSSR count). The van der Waals surface area contributed by atoms with Crippen LogP contribution in [0.4, 0.5) is 4.39 Å². The van der Waals surface area contributed by atoms with E-state index >= 15 is 0 Å². The van der Waals surface area contributed by atoms with Gasteiger partial charge in [0.15, 0.2) is 0 Å². The maximum absolute atomic E-state index is 12.9. The van der Waals surface area contributed by atoms with Gasteiger partial charge in [-0.1, -0.05) is 18.6 Å². The molecule has 1 aliphatic carbocycles. The molecule has 3 heteroatoms. The minimum atomic E-state index is -0.189. The maximum Gasteiger partial charge on any atom is 0.123 e. The smallest absolute Gasteiger partial charge is 0.123 e. The molecule has 0 heterocycles. The van der Waals surface area contributed by atoms with Crippen molar-refractivity contribution in [3.8, 4) is 0 Å². The molecule has 0 saturated heterocycles. The molecule has 2 N–H and O–H groups in total. The van der Waals surface area contributed by atoms with Gasteiger partial charge >= 0.3 is 0 Å². The highest BCUT2D eigenvalue weighted by Crippen LogP contribution is 2.29. The summed E-state index contributed by atoms with van der Waals surface area (Å²) >= 11 is 0. The van der Waals surface area contributed by atoms with Crippen LogP contribution in [0.5, 0.6) is 0 Å². The van der Waals surface area contributed by atoms with Crippen molar-refractivity contribution < 1.29 is 4.39 Å². The normalized spacial score (nSPS) is 18.1. The number of rotatable bonds is 5. The molecule has 0 amide bonds. The van der Waals surface area contributed by atoms with E-state index in [-0.39, 0.29) is 11.9 Å². The minimum absolute atomic E-state index is 0.189. The average molecular weight is 236 g/mol. The molecular formula is C14H21FN2. The number of benzene rings is 1.